The predicted octanol–water partition coefficient (Wildman–Crippen LogP) is 4.05. The van der Waals surface area contributed by atoms with Gasteiger partial charge in [0, 0.05) is 35.7 Å². The van der Waals surface area contributed by atoms with E-state index in [0.717, 1.165) is 19.6 Å². The van der Waals surface area contributed by atoms with Crippen molar-refractivity contribution in [2.45, 2.75) is 52.2 Å². The lowest BCUT2D eigenvalue weighted by atomic mass is 9.89. The molecule has 0 bridgehead atoms. The molecule has 1 N–H and O–H groups in total. The Morgan fingerprint density at radius 3 is 2.70 bits per heavy atom. The van der Waals surface area contributed by atoms with Crippen molar-refractivity contribution < 1.29 is 0 Å². The van der Waals surface area contributed by atoms with E-state index in [0.29, 0.717) is 12.0 Å². The minimum atomic E-state index is 0.243. The molecule has 0 aromatic heterocycles. The van der Waals surface area contributed by atoms with Gasteiger partial charge in [0.05, 0.1) is 0 Å². The first kappa shape index (κ1) is 16.0. The van der Waals surface area contributed by atoms with E-state index in [9.17, 15) is 0 Å². The summed E-state index contributed by atoms with van der Waals surface area (Å²) in [6.07, 6.45) is 1.17. The van der Waals surface area contributed by atoms with E-state index in [2.05, 4.69) is 78.1 Å². The molecule has 1 fully saturated rings. The monoisotopic (exact) mass is 338 g/mol. The Balaban J connectivity index is 2.18. The van der Waals surface area contributed by atoms with E-state index in [1.165, 1.54) is 16.5 Å². The molecule has 2 nitrogen and oxygen atoms in total. The van der Waals surface area contributed by atoms with Crippen LogP contribution < -0.4 is 5.32 Å². The van der Waals surface area contributed by atoms with Crippen molar-refractivity contribution in [2.24, 2.45) is 5.92 Å². The van der Waals surface area contributed by atoms with Gasteiger partial charge in [-0.2, -0.15) is 0 Å². The second-order valence-corrected chi connectivity index (χ2v) is 7.46. The third kappa shape index (κ3) is 3.63. The molecular formula is C17H27BrN2. The van der Waals surface area contributed by atoms with Crippen molar-refractivity contribution in [1.29, 1.82) is 0 Å². The van der Waals surface area contributed by atoms with Crippen LogP contribution in [-0.2, 0) is 6.54 Å². The fourth-order valence-electron chi connectivity index (χ4n) is 3.01. The summed E-state index contributed by atoms with van der Waals surface area (Å²) < 4.78 is 1.22. The first-order valence-corrected chi connectivity index (χ1v) is 8.47. The van der Waals surface area contributed by atoms with Crippen LogP contribution in [0.25, 0.3) is 0 Å². The van der Waals surface area contributed by atoms with Gasteiger partial charge < -0.3 is 5.32 Å². The molecule has 1 saturated heterocycles. The highest BCUT2D eigenvalue weighted by Crippen LogP contribution is 2.26. The summed E-state index contributed by atoms with van der Waals surface area (Å²) in [4.78, 5) is 2.66. The Morgan fingerprint density at radius 2 is 2.10 bits per heavy atom. The number of piperazine rings is 1. The minimum Gasteiger partial charge on any atom is -0.309 e. The van der Waals surface area contributed by atoms with Crippen molar-refractivity contribution in [3.63, 3.8) is 0 Å². The molecule has 1 aromatic rings. The fourth-order valence-corrected chi connectivity index (χ4v) is 3.42. The lowest BCUT2D eigenvalue weighted by molar-refractivity contribution is 0.0537. The van der Waals surface area contributed by atoms with Gasteiger partial charge >= 0.3 is 0 Å². The third-order valence-electron chi connectivity index (χ3n) is 4.64. The molecule has 1 aliphatic heterocycles. The number of benzene rings is 1. The molecule has 0 spiro atoms. The summed E-state index contributed by atoms with van der Waals surface area (Å²) in [6, 6.07) is 9.20. The van der Waals surface area contributed by atoms with Crippen molar-refractivity contribution >= 4 is 15.9 Å². The van der Waals surface area contributed by atoms with Gasteiger partial charge in [-0.3, -0.25) is 4.90 Å². The maximum absolute atomic E-state index is 3.75. The van der Waals surface area contributed by atoms with Crippen LogP contribution in [0.4, 0.5) is 0 Å². The number of hydrogen-bond acceptors (Lipinski definition) is 2. The molecule has 2 unspecified atom stereocenters. The first-order valence-electron chi connectivity index (χ1n) is 7.67. The number of halogens is 1. The van der Waals surface area contributed by atoms with Crippen LogP contribution in [0.15, 0.2) is 28.7 Å². The summed E-state index contributed by atoms with van der Waals surface area (Å²) in [5, 5.41) is 3.75. The third-order valence-corrected chi connectivity index (χ3v) is 5.41. The molecule has 3 heteroatoms. The normalized spacial score (nSPS) is 28.0. The second-order valence-electron chi connectivity index (χ2n) is 6.60. The molecule has 1 aliphatic rings. The van der Waals surface area contributed by atoms with E-state index >= 15 is 0 Å². The largest absolute Gasteiger partial charge is 0.309 e. The van der Waals surface area contributed by atoms with Gasteiger partial charge in [0.15, 0.2) is 0 Å². The molecule has 0 amide bonds. The standard InChI is InChI=1S/C17H27BrN2/c1-5-17(4)12-20(16(10-19-17)13(2)3)11-14-8-6-7-9-15(14)18/h6-9,13,16,19H,5,10-12H2,1-4H3. The first-order chi connectivity index (χ1) is 9.45. The molecular weight excluding hydrogens is 312 g/mol. The zero-order chi connectivity index (χ0) is 14.8. The number of hydrogen-bond donors (Lipinski definition) is 1. The Bertz CT molecular complexity index is 446. The van der Waals surface area contributed by atoms with Gasteiger partial charge in [0.25, 0.3) is 0 Å². The van der Waals surface area contributed by atoms with Crippen LogP contribution in [0, 0.1) is 5.92 Å². The van der Waals surface area contributed by atoms with E-state index in [1.807, 2.05) is 0 Å². The van der Waals surface area contributed by atoms with E-state index in [1.54, 1.807) is 0 Å². The Morgan fingerprint density at radius 1 is 1.40 bits per heavy atom. The van der Waals surface area contributed by atoms with Crippen LogP contribution in [0.3, 0.4) is 0 Å². The second kappa shape index (κ2) is 6.59. The number of nitrogens with one attached hydrogen (secondary N) is 1. The Hall–Kier alpha value is -0.380. The average Bonchev–Trinajstić information content (AvgIpc) is 2.41. The van der Waals surface area contributed by atoms with Gasteiger partial charge in [-0.1, -0.05) is 54.9 Å². The summed E-state index contributed by atoms with van der Waals surface area (Å²) in [5.41, 5.74) is 1.63. The lowest BCUT2D eigenvalue weighted by Crippen LogP contribution is -2.63. The SMILES string of the molecule is CCC1(C)CN(Cc2ccccc2Br)C(C(C)C)CN1. The lowest BCUT2D eigenvalue weighted by Gasteiger charge is -2.47. The number of nitrogens with zero attached hydrogens (tertiary/aromatic N) is 1. The van der Waals surface area contributed by atoms with Crippen molar-refractivity contribution in [2.75, 3.05) is 13.1 Å². The van der Waals surface area contributed by atoms with Crippen LogP contribution >= 0.6 is 15.9 Å². The zero-order valence-corrected chi connectivity index (χ0v) is 14.7. The van der Waals surface area contributed by atoms with Gasteiger partial charge in [0.2, 0.25) is 0 Å². The van der Waals surface area contributed by atoms with Crippen LogP contribution in [-0.4, -0.2) is 29.6 Å². The van der Waals surface area contributed by atoms with E-state index in [-0.39, 0.29) is 5.54 Å². The molecule has 1 aromatic carbocycles. The fraction of sp³-hybridized carbons (Fsp3) is 0.647. The van der Waals surface area contributed by atoms with Gasteiger partial charge in [-0.25, -0.2) is 0 Å². The molecule has 112 valence electrons. The van der Waals surface area contributed by atoms with Crippen molar-refractivity contribution in [1.82, 2.24) is 10.2 Å². The Labute approximate surface area is 132 Å². The van der Waals surface area contributed by atoms with E-state index in [4.69, 9.17) is 0 Å². The van der Waals surface area contributed by atoms with Gasteiger partial charge in [0.1, 0.15) is 0 Å². The summed E-state index contributed by atoms with van der Waals surface area (Å²) >= 11 is 3.68. The highest BCUT2D eigenvalue weighted by molar-refractivity contribution is 9.10. The zero-order valence-electron chi connectivity index (χ0n) is 13.1. The highest BCUT2D eigenvalue weighted by Gasteiger charge is 2.35. The van der Waals surface area contributed by atoms with Crippen LogP contribution in [0.1, 0.15) is 39.7 Å². The average molecular weight is 339 g/mol. The Kier molecular flexibility index (Phi) is 5.27. The molecule has 2 atom stereocenters. The number of rotatable bonds is 4. The summed E-state index contributed by atoms with van der Waals surface area (Å²) in [5.74, 6) is 0.673. The van der Waals surface area contributed by atoms with Gasteiger partial charge in [-0.05, 0) is 30.9 Å². The maximum Gasteiger partial charge on any atom is 0.0278 e. The van der Waals surface area contributed by atoms with Crippen LogP contribution in [0.5, 0.6) is 0 Å². The van der Waals surface area contributed by atoms with Crippen LogP contribution in [0.2, 0.25) is 0 Å². The molecule has 20 heavy (non-hydrogen) atoms. The minimum absolute atomic E-state index is 0.243. The molecule has 0 saturated carbocycles. The van der Waals surface area contributed by atoms with Gasteiger partial charge in [-0.15, -0.1) is 0 Å². The van der Waals surface area contributed by atoms with E-state index < -0.39 is 0 Å². The predicted molar refractivity (Wildman–Crippen MR) is 89.9 cm³/mol. The quantitative estimate of drug-likeness (QED) is 0.890. The molecule has 1 heterocycles. The molecule has 0 radical (unpaired) electrons. The topological polar surface area (TPSA) is 15.3 Å². The smallest absolute Gasteiger partial charge is 0.0278 e. The molecule has 0 aliphatic carbocycles. The van der Waals surface area contributed by atoms with Crippen molar-refractivity contribution in [3.05, 3.63) is 34.3 Å². The highest BCUT2D eigenvalue weighted by atomic mass is 79.9. The van der Waals surface area contributed by atoms with Crippen molar-refractivity contribution in [3.8, 4) is 0 Å². The molecule has 2 rings (SSSR count). The summed E-state index contributed by atoms with van der Waals surface area (Å²) in [7, 11) is 0. The summed E-state index contributed by atoms with van der Waals surface area (Å²) in [6.45, 7) is 12.5. The maximum atomic E-state index is 3.75.